The average Bonchev–Trinajstić information content (AvgIpc) is 3.09. The van der Waals surface area contributed by atoms with E-state index in [4.69, 9.17) is 47.4 Å². The zero-order chi connectivity index (χ0) is 33.9. The maximum atomic E-state index is 11.9. The normalized spacial score (nSPS) is 11.1. The quantitative estimate of drug-likeness (QED) is 0.0450. The fraction of sp³-hybridized carbons (Fsp3) is 0.735. The molecule has 0 fully saturated rings. The summed E-state index contributed by atoms with van der Waals surface area (Å²) in [5.41, 5.74) is 0.294. The van der Waals surface area contributed by atoms with Crippen LogP contribution < -0.4 is 0 Å². The van der Waals surface area contributed by atoms with Crippen LogP contribution in [0, 0.1) is 0 Å². The van der Waals surface area contributed by atoms with Gasteiger partial charge in [0.25, 0.3) is 5.78 Å². The SMILES string of the molecule is CCCCCCCC(=O)OCCOCCOCCOCCOCCOCCOCCOCCOCCOC(=O)C(=O)c1ccccc1. The zero-order valence-corrected chi connectivity index (χ0v) is 28.2. The van der Waals surface area contributed by atoms with E-state index >= 15 is 0 Å². The summed E-state index contributed by atoms with van der Waals surface area (Å²) in [6.45, 7) is 9.18. The number of benzene rings is 1. The molecule has 0 amide bonds. The molecule has 47 heavy (non-hydrogen) atoms. The van der Waals surface area contributed by atoms with Gasteiger partial charge in [-0.15, -0.1) is 0 Å². The maximum absolute atomic E-state index is 11.9. The van der Waals surface area contributed by atoms with E-state index < -0.39 is 11.8 Å². The summed E-state index contributed by atoms with van der Waals surface area (Å²) in [5.74, 6) is -1.73. The molecule has 0 aromatic heterocycles. The van der Waals surface area contributed by atoms with Crippen LogP contribution in [0.3, 0.4) is 0 Å². The van der Waals surface area contributed by atoms with Crippen molar-refractivity contribution in [1.29, 1.82) is 0 Å². The van der Waals surface area contributed by atoms with Crippen LogP contribution in [0.4, 0.5) is 0 Å². The summed E-state index contributed by atoms with van der Waals surface area (Å²) in [6, 6.07) is 8.25. The Kier molecular flexibility index (Phi) is 30.2. The van der Waals surface area contributed by atoms with Crippen molar-refractivity contribution in [2.24, 2.45) is 0 Å². The van der Waals surface area contributed by atoms with E-state index in [0.29, 0.717) is 111 Å². The second-order valence-corrected chi connectivity index (χ2v) is 10.1. The molecule has 1 rings (SSSR count). The molecule has 0 saturated heterocycles. The Morgan fingerprint density at radius 2 is 0.809 bits per heavy atom. The number of unbranched alkanes of at least 4 members (excludes halogenated alkanes) is 4. The number of hydrogen-bond acceptors (Lipinski definition) is 13. The van der Waals surface area contributed by atoms with Crippen molar-refractivity contribution in [2.75, 3.05) is 119 Å². The van der Waals surface area contributed by atoms with Crippen LogP contribution in [0.1, 0.15) is 55.8 Å². The molecular weight excluding hydrogens is 616 g/mol. The van der Waals surface area contributed by atoms with Crippen LogP contribution in [-0.2, 0) is 57.0 Å². The zero-order valence-electron chi connectivity index (χ0n) is 28.2. The van der Waals surface area contributed by atoms with Crippen molar-refractivity contribution in [3.8, 4) is 0 Å². The van der Waals surface area contributed by atoms with Gasteiger partial charge in [0.15, 0.2) is 0 Å². The monoisotopic (exact) mass is 672 g/mol. The highest BCUT2D eigenvalue weighted by Crippen LogP contribution is 2.05. The predicted molar refractivity (Wildman–Crippen MR) is 173 cm³/mol. The van der Waals surface area contributed by atoms with E-state index in [1.807, 2.05) is 0 Å². The molecule has 270 valence electrons. The van der Waals surface area contributed by atoms with Gasteiger partial charge < -0.3 is 47.4 Å². The van der Waals surface area contributed by atoms with Crippen LogP contribution in [0.25, 0.3) is 0 Å². The van der Waals surface area contributed by atoms with Crippen LogP contribution in [0.5, 0.6) is 0 Å². The molecule has 0 aliphatic rings. The maximum Gasteiger partial charge on any atom is 0.379 e. The van der Waals surface area contributed by atoms with Gasteiger partial charge in [-0.2, -0.15) is 0 Å². The fourth-order valence-electron chi connectivity index (χ4n) is 3.77. The third-order valence-electron chi connectivity index (χ3n) is 6.26. The van der Waals surface area contributed by atoms with Gasteiger partial charge in [0.1, 0.15) is 13.2 Å². The molecule has 0 N–H and O–H groups in total. The Morgan fingerprint density at radius 1 is 0.447 bits per heavy atom. The van der Waals surface area contributed by atoms with Crippen LogP contribution in [0.2, 0.25) is 0 Å². The number of esters is 2. The van der Waals surface area contributed by atoms with Crippen LogP contribution in [-0.4, -0.2) is 137 Å². The average molecular weight is 673 g/mol. The standard InChI is InChI=1S/C34H56O13/c1-2-3-4-5-9-12-32(35)46-29-27-44-25-23-42-21-19-40-17-15-38-13-14-39-16-18-41-20-22-43-24-26-45-28-30-47-34(37)33(36)31-10-7-6-8-11-31/h6-8,10-11H,2-5,9,12-30H2,1H3. The summed E-state index contributed by atoms with van der Waals surface area (Å²) in [7, 11) is 0. The molecule has 0 aliphatic carbocycles. The van der Waals surface area contributed by atoms with E-state index in [0.717, 1.165) is 12.8 Å². The first-order valence-electron chi connectivity index (χ1n) is 16.7. The molecule has 0 saturated carbocycles. The van der Waals surface area contributed by atoms with E-state index in [2.05, 4.69) is 6.92 Å². The second-order valence-electron chi connectivity index (χ2n) is 10.1. The molecule has 0 radical (unpaired) electrons. The number of ether oxygens (including phenoxy) is 10. The van der Waals surface area contributed by atoms with Crippen molar-refractivity contribution >= 4 is 17.7 Å². The highest BCUT2D eigenvalue weighted by molar-refractivity contribution is 6.40. The van der Waals surface area contributed by atoms with Crippen molar-refractivity contribution in [2.45, 2.75) is 45.4 Å². The van der Waals surface area contributed by atoms with E-state index in [9.17, 15) is 14.4 Å². The number of ketones is 1. The summed E-state index contributed by atoms with van der Waals surface area (Å²) in [5, 5.41) is 0. The number of carbonyl (C=O) groups is 3. The number of hydrogen-bond donors (Lipinski definition) is 0. The van der Waals surface area contributed by atoms with Gasteiger partial charge in [0.05, 0.1) is 106 Å². The Morgan fingerprint density at radius 3 is 1.21 bits per heavy atom. The lowest BCUT2D eigenvalue weighted by molar-refractivity contribution is -0.145. The Bertz CT molecular complexity index is 869. The van der Waals surface area contributed by atoms with E-state index in [-0.39, 0.29) is 25.8 Å². The van der Waals surface area contributed by atoms with Crippen molar-refractivity contribution < 1.29 is 61.8 Å². The van der Waals surface area contributed by atoms with Gasteiger partial charge in [-0.3, -0.25) is 9.59 Å². The highest BCUT2D eigenvalue weighted by atomic mass is 16.6. The number of Topliss-reactive ketones (excluding diaryl/α,β-unsaturated/α-hetero) is 1. The molecule has 0 spiro atoms. The molecule has 0 bridgehead atoms. The smallest absolute Gasteiger partial charge is 0.379 e. The van der Waals surface area contributed by atoms with Gasteiger partial charge in [-0.05, 0) is 6.42 Å². The van der Waals surface area contributed by atoms with E-state index in [1.54, 1.807) is 30.3 Å². The third kappa shape index (κ3) is 28.3. The summed E-state index contributed by atoms with van der Waals surface area (Å²) >= 11 is 0. The van der Waals surface area contributed by atoms with Crippen molar-refractivity contribution in [3.63, 3.8) is 0 Å². The minimum absolute atomic E-state index is 0.00468. The molecule has 1 aromatic rings. The lowest BCUT2D eigenvalue weighted by Gasteiger charge is -2.09. The van der Waals surface area contributed by atoms with Crippen molar-refractivity contribution in [1.82, 2.24) is 0 Å². The largest absolute Gasteiger partial charge is 0.463 e. The van der Waals surface area contributed by atoms with Crippen LogP contribution in [0.15, 0.2) is 30.3 Å². The predicted octanol–water partition coefficient (Wildman–Crippen LogP) is 3.45. The van der Waals surface area contributed by atoms with Gasteiger partial charge in [-0.1, -0.05) is 62.9 Å². The minimum Gasteiger partial charge on any atom is -0.463 e. The van der Waals surface area contributed by atoms with Gasteiger partial charge >= 0.3 is 11.9 Å². The Balaban J connectivity index is 1.68. The van der Waals surface area contributed by atoms with Crippen molar-refractivity contribution in [3.05, 3.63) is 35.9 Å². The third-order valence-corrected chi connectivity index (χ3v) is 6.26. The molecule has 13 heteroatoms. The van der Waals surface area contributed by atoms with Crippen LogP contribution >= 0.6 is 0 Å². The fourth-order valence-corrected chi connectivity index (χ4v) is 3.77. The number of rotatable bonds is 35. The molecular formula is C34H56O13. The van der Waals surface area contributed by atoms with Gasteiger partial charge in [0, 0.05) is 12.0 Å². The summed E-state index contributed by atoms with van der Waals surface area (Å²) in [4.78, 5) is 35.2. The Hall–Kier alpha value is -2.49. The minimum atomic E-state index is -0.899. The topological polar surface area (TPSA) is 144 Å². The molecule has 13 nitrogen and oxygen atoms in total. The first kappa shape index (κ1) is 42.5. The molecule has 0 heterocycles. The molecule has 0 aliphatic heterocycles. The van der Waals surface area contributed by atoms with Gasteiger partial charge in [-0.25, -0.2) is 4.79 Å². The Labute approximate surface area is 279 Å². The first-order valence-corrected chi connectivity index (χ1v) is 16.7. The summed E-state index contributed by atoms with van der Waals surface area (Å²) in [6.07, 6.45) is 6.03. The summed E-state index contributed by atoms with van der Waals surface area (Å²) < 4.78 is 53.4. The first-order chi connectivity index (χ1) is 23.1. The molecule has 0 unspecified atom stereocenters. The molecule has 0 atom stereocenters. The highest BCUT2D eigenvalue weighted by Gasteiger charge is 2.17. The second kappa shape index (κ2) is 33.4. The molecule has 1 aromatic carbocycles. The lowest BCUT2D eigenvalue weighted by Crippen LogP contribution is -2.20. The number of carbonyl (C=O) groups excluding carboxylic acids is 3. The van der Waals surface area contributed by atoms with E-state index in [1.165, 1.54) is 19.3 Å². The van der Waals surface area contributed by atoms with Gasteiger partial charge in [0.2, 0.25) is 0 Å². The lowest BCUT2D eigenvalue weighted by atomic mass is 10.1.